The molecule has 1 saturated heterocycles. The largest absolute Gasteiger partial charge is 0.497 e. The predicted molar refractivity (Wildman–Crippen MR) is 190 cm³/mol. The fraction of sp³-hybridized carbons (Fsp3) is 0.378. The van der Waals surface area contributed by atoms with Crippen LogP contribution < -0.4 is 15.2 Å². The zero-order valence-corrected chi connectivity index (χ0v) is 30.0. The van der Waals surface area contributed by atoms with E-state index in [1.165, 1.54) is 6.33 Å². The van der Waals surface area contributed by atoms with Gasteiger partial charge in [0, 0.05) is 0 Å². The fourth-order valence-electron chi connectivity index (χ4n) is 6.08. The van der Waals surface area contributed by atoms with Crippen molar-refractivity contribution in [3.8, 4) is 11.5 Å². The molecule has 5 aromatic rings. The van der Waals surface area contributed by atoms with E-state index in [0.29, 0.717) is 11.2 Å². The second kappa shape index (κ2) is 13.5. The topological polar surface area (TPSA) is 136 Å². The number of aromatic nitrogens is 4. The van der Waals surface area contributed by atoms with Gasteiger partial charge in [0.25, 0.3) is 0 Å². The highest BCUT2D eigenvalue weighted by Crippen LogP contribution is 2.45. The standard InChI is InChI=1S/C37H45N5O6Si/c1-36(2,3)49(6,7)48-32-29(47-35(31(32)43)42-23-41-30-33(38)39-22-40-34(30)42)21-46-37(24-11-9-8-10-12-24,25-13-17-27(44-4)18-14-25)26-15-19-28(45-5)20-16-26/h8-20,22-23,29,31-32,35,43H,21H2,1-7H3,(H2,38,39,40)/t29-,31+,32?,35-/m1/s1. The molecular formula is C37H45N5O6Si. The Hall–Kier alpha value is -4.33. The molecule has 1 aliphatic rings. The lowest BCUT2D eigenvalue weighted by Gasteiger charge is -2.41. The van der Waals surface area contributed by atoms with Crippen LogP contribution in [0, 0.1) is 0 Å². The number of hydrogen-bond donors (Lipinski definition) is 2. The number of imidazole rings is 1. The molecule has 1 unspecified atom stereocenters. The highest BCUT2D eigenvalue weighted by atomic mass is 28.4. The predicted octanol–water partition coefficient (Wildman–Crippen LogP) is 6.08. The Bertz CT molecular complexity index is 1810. The average molecular weight is 684 g/mol. The van der Waals surface area contributed by atoms with Crippen LogP contribution >= 0.6 is 0 Å². The van der Waals surface area contributed by atoms with E-state index in [0.717, 1.165) is 28.2 Å². The molecular weight excluding hydrogens is 639 g/mol. The smallest absolute Gasteiger partial charge is 0.192 e. The van der Waals surface area contributed by atoms with Gasteiger partial charge >= 0.3 is 0 Å². The van der Waals surface area contributed by atoms with Gasteiger partial charge in [0.1, 0.15) is 47.3 Å². The number of methoxy groups -OCH3 is 2. The molecule has 0 radical (unpaired) electrons. The summed E-state index contributed by atoms with van der Waals surface area (Å²) in [6.45, 7) is 10.9. The van der Waals surface area contributed by atoms with E-state index < -0.39 is 38.5 Å². The fourth-order valence-corrected chi connectivity index (χ4v) is 7.41. The molecule has 3 heterocycles. The van der Waals surface area contributed by atoms with Crippen molar-refractivity contribution >= 4 is 25.3 Å². The zero-order chi connectivity index (χ0) is 35.0. The lowest BCUT2D eigenvalue weighted by atomic mass is 9.80. The molecule has 3 aromatic carbocycles. The van der Waals surface area contributed by atoms with Crippen molar-refractivity contribution in [3.05, 3.63) is 108 Å². The van der Waals surface area contributed by atoms with Crippen molar-refractivity contribution in [2.75, 3.05) is 26.6 Å². The quantitative estimate of drug-likeness (QED) is 0.125. The van der Waals surface area contributed by atoms with Crippen LogP contribution in [-0.4, -0.2) is 72.1 Å². The van der Waals surface area contributed by atoms with E-state index in [4.69, 9.17) is 29.1 Å². The SMILES string of the molecule is COc1ccc(C(OC[C@H]2O[C@@H](n3cnc4c(N)ncnc43)[C@@H](O)C2O[Si](C)(C)C(C)(C)C)(c2ccccc2)c2ccc(OC)cc2)cc1. The van der Waals surface area contributed by atoms with E-state index in [1.54, 1.807) is 25.1 Å². The van der Waals surface area contributed by atoms with Crippen molar-refractivity contribution in [1.29, 1.82) is 0 Å². The third-order valence-electron chi connectivity index (χ3n) is 9.85. The third kappa shape index (κ3) is 6.42. The van der Waals surface area contributed by atoms with Gasteiger partial charge in [-0.05, 0) is 59.1 Å². The zero-order valence-electron chi connectivity index (χ0n) is 29.0. The Morgan fingerprint density at radius 3 is 1.96 bits per heavy atom. The summed E-state index contributed by atoms with van der Waals surface area (Å²) < 4.78 is 33.6. The third-order valence-corrected chi connectivity index (χ3v) is 14.3. The summed E-state index contributed by atoms with van der Waals surface area (Å²) >= 11 is 0. The van der Waals surface area contributed by atoms with Crippen molar-refractivity contribution < 1.29 is 28.5 Å². The van der Waals surface area contributed by atoms with Crippen LogP contribution in [0.2, 0.25) is 18.1 Å². The molecule has 1 fully saturated rings. The summed E-state index contributed by atoms with van der Waals surface area (Å²) in [6, 6.07) is 25.8. The number of nitrogens with zero attached hydrogens (tertiary/aromatic N) is 4. The van der Waals surface area contributed by atoms with Crippen LogP contribution in [0.25, 0.3) is 11.2 Å². The number of nitrogens with two attached hydrogens (primary N) is 1. The molecule has 4 atom stereocenters. The van der Waals surface area contributed by atoms with E-state index in [-0.39, 0.29) is 17.5 Å². The molecule has 11 nitrogen and oxygen atoms in total. The Balaban J connectivity index is 1.45. The molecule has 0 saturated carbocycles. The van der Waals surface area contributed by atoms with Gasteiger partial charge in [0.15, 0.2) is 26.0 Å². The lowest BCUT2D eigenvalue weighted by Crippen LogP contribution is -2.50. The first-order chi connectivity index (χ1) is 23.4. The first-order valence-corrected chi connectivity index (χ1v) is 19.2. The molecule has 49 heavy (non-hydrogen) atoms. The van der Waals surface area contributed by atoms with Crippen LogP contribution in [0.15, 0.2) is 91.5 Å². The number of anilines is 1. The van der Waals surface area contributed by atoms with Gasteiger partial charge in [0.05, 0.1) is 27.2 Å². The number of fused-ring (bicyclic) bond motifs is 1. The molecule has 12 heteroatoms. The minimum absolute atomic E-state index is 0.0730. The number of rotatable bonds is 11. The van der Waals surface area contributed by atoms with Gasteiger partial charge in [0.2, 0.25) is 0 Å². The maximum Gasteiger partial charge on any atom is 0.192 e. The van der Waals surface area contributed by atoms with Gasteiger partial charge in [-0.1, -0.05) is 75.4 Å². The molecule has 0 aliphatic carbocycles. The van der Waals surface area contributed by atoms with Crippen LogP contribution in [-0.2, 0) is 19.5 Å². The van der Waals surface area contributed by atoms with Crippen LogP contribution in [0.5, 0.6) is 11.5 Å². The van der Waals surface area contributed by atoms with Gasteiger partial charge in [-0.25, -0.2) is 15.0 Å². The Morgan fingerprint density at radius 2 is 1.41 bits per heavy atom. The number of hydrogen-bond acceptors (Lipinski definition) is 10. The monoisotopic (exact) mass is 683 g/mol. The number of aliphatic hydroxyl groups excluding tert-OH is 1. The number of aliphatic hydroxyl groups is 1. The normalized spacial score (nSPS) is 20.1. The number of nitrogen functional groups attached to an aromatic ring is 1. The molecule has 0 amide bonds. The number of ether oxygens (including phenoxy) is 4. The van der Waals surface area contributed by atoms with Crippen molar-refractivity contribution in [2.24, 2.45) is 0 Å². The van der Waals surface area contributed by atoms with E-state index in [1.807, 2.05) is 78.9 Å². The summed E-state index contributed by atoms with van der Waals surface area (Å²) in [5.41, 5.74) is 8.58. The van der Waals surface area contributed by atoms with Crippen molar-refractivity contribution in [2.45, 2.75) is 69.0 Å². The van der Waals surface area contributed by atoms with Crippen LogP contribution in [0.4, 0.5) is 5.82 Å². The molecule has 1 aliphatic heterocycles. The summed E-state index contributed by atoms with van der Waals surface area (Å²) in [5.74, 6) is 1.70. The molecule has 6 rings (SSSR count). The first-order valence-electron chi connectivity index (χ1n) is 16.3. The molecule has 258 valence electrons. The van der Waals surface area contributed by atoms with Crippen LogP contribution in [0.3, 0.4) is 0 Å². The Kier molecular flexibility index (Phi) is 9.53. The number of benzene rings is 3. The minimum Gasteiger partial charge on any atom is -0.497 e. The maximum atomic E-state index is 12.0. The van der Waals surface area contributed by atoms with Gasteiger partial charge in [-0.3, -0.25) is 4.57 Å². The van der Waals surface area contributed by atoms with E-state index in [2.05, 4.69) is 48.8 Å². The van der Waals surface area contributed by atoms with Crippen molar-refractivity contribution in [3.63, 3.8) is 0 Å². The molecule has 2 aromatic heterocycles. The van der Waals surface area contributed by atoms with E-state index in [9.17, 15) is 5.11 Å². The van der Waals surface area contributed by atoms with Gasteiger partial charge < -0.3 is 34.2 Å². The van der Waals surface area contributed by atoms with Crippen molar-refractivity contribution in [1.82, 2.24) is 19.5 Å². The van der Waals surface area contributed by atoms with Crippen LogP contribution in [0.1, 0.15) is 43.7 Å². The Morgan fingerprint density at radius 1 is 0.837 bits per heavy atom. The molecule has 3 N–H and O–H groups in total. The summed E-state index contributed by atoms with van der Waals surface area (Å²) in [6.07, 6.45) is -0.383. The highest BCUT2D eigenvalue weighted by molar-refractivity contribution is 6.74. The highest BCUT2D eigenvalue weighted by Gasteiger charge is 2.52. The first kappa shape index (κ1) is 34.5. The minimum atomic E-state index is -2.41. The lowest BCUT2D eigenvalue weighted by molar-refractivity contribution is -0.0930. The summed E-state index contributed by atoms with van der Waals surface area (Å²) in [4.78, 5) is 12.9. The average Bonchev–Trinajstić information content (AvgIpc) is 3.66. The molecule has 0 spiro atoms. The summed E-state index contributed by atoms with van der Waals surface area (Å²) in [5, 5.41) is 11.9. The Labute approximate surface area is 288 Å². The van der Waals surface area contributed by atoms with Gasteiger partial charge in [-0.2, -0.15) is 0 Å². The van der Waals surface area contributed by atoms with E-state index >= 15 is 0 Å². The van der Waals surface area contributed by atoms with Gasteiger partial charge in [-0.15, -0.1) is 0 Å². The molecule has 0 bridgehead atoms. The summed E-state index contributed by atoms with van der Waals surface area (Å²) in [7, 11) is 0.875. The maximum absolute atomic E-state index is 12.0. The second-order valence-corrected chi connectivity index (χ2v) is 18.6. The second-order valence-electron chi connectivity index (χ2n) is 13.8.